The smallest absolute Gasteiger partial charge is 0.269 e. The summed E-state index contributed by atoms with van der Waals surface area (Å²) >= 11 is 0. The first-order chi connectivity index (χ1) is 15.5. The Labute approximate surface area is 183 Å². The monoisotopic (exact) mass is 431 g/mol. The summed E-state index contributed by atoms with van der Waals surface area (Å²) in [7, 11) is 0. The van der Waals surface area contributed by atoms with Gasteiger partial charge in [-0.05, 0) is 42.0 Å². The first-order valence-corrected chi connectivity index (χ1v) is 9.43. The zero-order valence-corrected chi connectivity index (χ0v) is 16.7. The molecule has 3 rings (SSSR count). The van der Waals surface area contributed by atoms with E-state index in [1.165, 1.54) is 48.5 Å². The topological polar surface area (TPSA) is 129 Å². The highest BCUT2D eigenvalue weighted by Crippen LogP contribution is 2.26. The summed E-state index contributed by atoms with van der Waals surface area (Å²) in [4.78, 5) is 20.5. The predicted molar refractivity (Wildman–Crippen MR) is 117 cm³/mol. The Kier molecular flexibility index (Phi) is 7.12. The summed E-state index contributed by atoms with van der Waals surface area (Å²) in [6.07, 6.45) is 1.65. The fraction of sp³-hybridized carbons (Fsp3) is 0.0870. The first-order valence-electron chi connectivity index (χ1n) is 9.43. The van der Waals surface area contributed by atoms with Gasteiger partial charge in [-0.25, -0.2) is 0 Å². The predicted octanol–water partition coefficient (Wildman–Crippen LogP) is 5.02. The van der Waals surface area contributed by atoms with Crippen molar-refractivity contribution in [2.75, 3.05) is 13.2 Å². The molecule has 3 aromatic rings. The van der Waals surface area contributed by atoms with Gasteiger partial charge >= 0.3 is 0 Å². The number of nitro groups is 2. The third kappa shape index (κ3) is 5.67. The molecule has 0 saturated heterocycles. The lowest BCUT2D eigenvalue weighted by Gasteiger charge is -2.11. The lowest BCUT2D eigenvalue weighted by Crippen LogP contribution is -2.09. The highest BCUT2D eigenvalue weighted by Gasteiger charge is 2.09. The van der Waals surface area contributed by atoms with Crippen LogP contribution >= 0.6 is 0 Å². The van der Waals surface area contributed by atoms with Crippen LogP contribution in [0.1, 0.15) is 11.1 Å². The Morgan fingerprint density at radius 2 is 1.41 bits per heavy atom. The second-order valence-corrected chi connectivity index (χ2v) is 6.46. The fourth-order valence-corrected chi connectivity index (χ4v) is 2.80. The van der Waals surface area contributed by atoms with Gasteiger partial charge in [-0.1, -0.05) is 18.2 Å². The van der Waals surface area contributed by atoms with E-state index in [1.54, 1.807) is 30.3 Å². The van der Waals surface area contributed by atoms with Crippen molar-refractivity contribution in [2.45, 2.75) is 0 Å². The Bertz CT molecular complexity index is 1180. The van der Waals surface area contributed by atoms with Crippen LogP contribution in [0.3, 0.4) is 0 Å². The third-order valence-electron chi connectivity index (χ3n) is 4.39. The molecule has 0 aliphatic rings. The van der Waals surface area contributed by atoms with E-state index in [-0.39, 0.29) is 24.6 Å². The molecule has 9 nitrogen and oxygen atoms in total. The van der Waals surface area contributed by atoms with Crippen LogP contribution in [-0.4, -0.2) is 23.1 Å². The lowest BCUT2D eigenvalue weighted by molar-refractivity contribution is -0.385. The maximum atomic E-state index is 10.8. The number of nitriles is 1. The van der Waals surface area contributed by atoms with Crippen LogP contribution in [0.25, 0.3) is 11.6 Å². The molecule has 0 aliphatic carbocycles. The van der Waals surface area contributed by atoms with E-state index in [4.69, 9.17) is 9.47 Å². The van der Waals surface area contributed by atoms with E-state index in [2.05, 4.69) is 6.07 Å². The molecule has 0 aliphatic heterocycles. The van der Waals surface area contributed by atoms with E-state index in [0.29, 0.717) is 28.2 Å². The van der Waals surface area contributed by atoms with Gasteiger partial charge in [-0.3, -0.25) is 20.2 Å². The zero-order chi connectivity index (χ0) is 22.9. The molecular weight excluding hydrogens is 414 g/mol. The van der Waals surface area contributed by atoms with Gasteiger partial charge < -0.3 is 9.47 Å². The number of nitro benzene ring substituents is 2. The van der Waals surface area contributed by atoms with Crippen LogP contribution in [0.4, 0.5) is 11.4 Å². The molecule has 9 heteroatoms. The highest BCUT2D eigenvalue weighted by molar-refractivity contribution is 5.90. The second-order valence-electron chi connectivity index (χ2n) is 6.46. The molecule has 0 aromatic heterocycles. The number of nitrogens with zero attached hydrogens (tertiary/aromatic N) is 3. The van der Waals surface area contributed by atoms with Crippen molar-refractivity contribution in [3.63, 3.8) is 0 Å². The molecule has 160 valence electrons. The lowest BCUT2D eigenvalue weighted by atomic mass is 10.0. The quantitative estimate of drug-likeness (QED) is 0.153. The molecule has 0 radical (unpaired) electrons. The first kappa shape index (κ1) is 22.0. The highest BCUT2D eigenvalue weighted by atomic mass is 16.6. The van der Waals surface area contributed by atoms with Crippen LogP contribution in [0, 0.1) is 31.6 Å². The van der Waals surface area contributed by atoms with Gasteiger partial charge in [0.25, 0.3) is 11.4 Å². The SMILES string of the molecule is N#CC(=Cc1ccccc1OCCOc1ccc([N+](=O)[O-])cc1)c1ccc([N+](=O)[O-])cc1. The van der Waals surface area contributed by atoms with Gasteiger partial charge in [-0.15, -0.1) is 0 Å². The number of para-hydroxylation sites is 1. The van der Waals surface area contributed by atoms with Crippen LogP contribution in [0.15, 0.2) is 72.8 Å². The second kappa shape index (κ2) is 10.4. The molecule has 0 atom stereocenters. The van der Waals surface area contributed by atoms with Crippen molar-refractivity contribution in [3.05, 3.63) is 104 Å². The summed E-state index contributed by atoms with van der Waals surface area (Å²) < 4.78 is 11.3. The minimum absolute atomic E-state index is 0.0179. The molecule has 0 spiro atoms. The summed E-state index contributed by atoms with van der Waals surface area (Å²) in [5.41, 5.74) is 1.48. The normalized spacial score (nSPS) is 10.8. The minimum atomic E-state index is -0.499. The summed E-state index contributed by atoms with van der Waals surface area (Å²) in [6, 6.07) is 20.7. The van der Waals surface area contributed by atoms with Gasteiger partial charge in [0.2, 0.25) is 0 Å². The number of rotatable bonds is 9. The van der Waals surface area contributed by atoms with Crippen molar-refractivity contribution in [2.24, 2.45) is 0 Å². The largest absolute Gasteiger partial charge is 0.490 e. The summed E-state index contributed by atoms with van der Waals surface area (Å²) in [5, 5.41) is 31.1. The molecular formula is C23H17N3O6. The van der Waals surface area contributed by atoms with Gasteiger partial charge in [-0.2, -0.15) is 5.26 Å². The van der Waals surface area contributed by atoms with E-state index >= 15 is 0 Å². The Hall–Kier alpha value is -4.71. The van der Waals surface area contributed by atoms with Crippen LogP contribution in [0.2, 0.25) is 0 Å². The third-order valence-corrected chi connectivity index (χ3v) is 4.39. The molecule has 0 bridgehead atoms. The van der Waals surface area contributed by atoms with Gasteiger partial charge in [0.1, 0.15) is 24.7 Å². The van der Waals surface area contributed by atoms with E-state index in [1.807, 2.05) is 0 Å². The molecule has 0 heterocycles. The summed E-state index contributed by atoms with van der Waals surface area (Å²) in [5.74, 6) is 1.02. The van der Waals surface area contributed by atoms with Crippen LogP contribution < -0.4 is 9.47 Å². The average Bonchev–Trinajstić information content (AvgIpc) is 2.81. The van der Waals surface area contributed by atoms with Crippen molar-refractivity contribution in [1.29, 1.82) is 5.26 Å². The van der Waals surface area contributed by atoms with Gasteiger partial charge in [0, 0.05) is 29.8 Å². The maximum absolute atomic E-state index is 10.8. The maximum Gasteiger partial charge on any atom is 0.269 e. The number of benzene rings is 3. The molecule has 0 saturated carbocycles. The number of non-ortho nitro benzene ring substituents is 2. The number of hydrogen-bond acceptors (Lipinski definition) is 7. The Morgan fingerprint density at radius 3 is 2.00 bits per heavy atom. The number of ether oxygens (including phenoxy) is 2. The molecule has 32 heavy (non-hydrogen) atoms. The van der Waals surface area contributed by atoms with Gasteiger partial charge in [0.05, 0.1) is 21.5 Å². The van der Waals surface area contributed by atoms with E-state index in [9.17, 15) is 25.5 Å². The van der Waals surface area contributed by atoms with Crippen LogP contribution in [-0.2, 0) is 0 Å². The van der Waals surface area contributed by atoms with E-state index < -0.39 is 9.85 Å². The molecule has 0 unspecified atom stereocenters. The van der Waals surface area contributed by atoms with Crippen molar-refractivity contribution in [3.8, 4) is 17.6 Å². The van der Waals surface area contributed by atoms with Crippen molar-refractivity contribution in [1.82, 2.24) is 0 Å². The molecule has 0 fully saturated rings. The summed E-state index contributed by atoms with van der Waals surface area (Å²) in [6.45, 7) is 0.421. The van der Waals surface area contributed by atoms with Crippen LogP contribution in [0.5, 0.6) is 11.5 Å². The van der Waals surface area contributed by atoms with Gasteiger partial charge in [0.15, 0.2) is 0 Å². The minimum Gasteiger partial charge on any atom is -0.490 e. The van der Waals surface area contributed by atoms with E-state index in [0.717, 1.165) is 0 Å². The standard InChI is InChI=1S/C23H17N3O6/c24-16-19(17-5-7-20(8-6-17)25(27)28)15-18-3-1-2-4-23(18)32-14-13-31-22-11-9-21(10-12-22)26(29)30/h1-12,15H,13-14H2. The molecule has 0 N–H and O–H groups in total. The molecule has 0 amide bonds. The fourth-order valence-electron chi connectivity index (χ4n) is 2.80. The molecule has 3 aromatic carbocycles. The average molecular weight is 431 g/mol. The number of hydrogen-bond donors (Lipinski definition) is 0. The zero-order valence-electron chi connectivity index (χ0n) is 16.7. The van der Waals surface area contributed by atoms with Crippen molar-refractivity contribution < 1.29 is 19.3 Å². The Morgan fingerprint density at radius 1 is 0.844 bits per heavy atom. The van der Waals surface area contributed by atoms with Crippen molar-refractivity contribution >= 4 is 23.0 Å². The number of allylic oxidation sites excluding steroid dienone is 1. The Balaban J connectivity index is 1.66.